The molecule has 2 rings (SSSR count). The molecule has 0 bridgehead atoms. The van der Waals surface area contributed by atoms with Crippen LogP contribution in [-0.2, 0) is 4.79 Å². The van der Waals surface area contributed by atoms with Gasteiger partial charge in [-0.15, -0.1) is 0 Å². The zero-order chi connectivity index (χ0) is 12.8. The van der Waals surface area contributed by atoms with Crippen molar-refractivity contribution >= 4 is 5.91 Å². The number of nitriles is 1. The molecule has 1 aliphatic carbocycles. The number of carbonyl (C=O) groups is 1. The summed E-state index contributed by atoms with van der Waals surface area (Å²) in [4.78, 5) is 14.5. The van der Waals surface area contributed by atoms with Crippen LogP contribution in [0, 0.1) is 23.2 Å². The molecular weight excluding hydrogens is 224 g/mol. The standard InChI is InChI=1S/C15H24N2O/c16-12-13-8-10-17(11-9-13)15(18)14-6-4-2-1-3-5-7-14/h13-14H,1-11H2. The van der Waals surface area contributed by atoms with Crippen LogP contribution in [0.2, 0.25) is 0 Å². The lowest BCUT2D eigenvalue weighted by molar-refractivity contribution is -0.137. The lowest BCUT2D eigenvalue weighted by Gasteiger charge is -2.32. The van der Waals surface area contributed by atoms with Crippen LogP contribution >= 0.6 is 0 Å². The molecule has 3 nitrogen and oxygen atoms in total. The van der Waals surface area contributed by atoms with Crippen LogP contribution in [0.1, 0.15) is 57.8 Å². The third-order valence-electron chi connectivity index (χ3n) is 4.44. The topological polar surface area (TPSA) is 44.1 Å². The maximum atomic E-state index is 12.5. The van der Waals surface area contributed by atoms with Crippen molar-refractivity contribution in [3.8, 4) is 6.07 Å². The first-order chi connectivity index (χ1) is 8.81. The molecule has 0 radical (unpaired) electrons. The lowest BCUT2D eigenvalue weighted by Crippen LogP contribution is -2.41. The Balaban J connectivity index is 1.84. The van der Waals surface area contributed by atoms with E-state index in [2.05, 4.69) is 6.07 Å². The van der Waals surface area contributed by atoms with Gasteiger partial charge in [0.2, 0.25) is 5.91 Å². The van der Waals surface area contributed by atoms with E-state index in [1.807, 2.05) is 4.90 Å². The Kier molecular flexibility index (Phi) is 5.04. The summed E-state index contributed by atoms with van der Waals surface area (Å²) in [5.74, 6) is 0.809. The van der Waals surface area contributed by atoms with E-state index in [0.29, 0.717) is 5.91 Å². The molecule has 0 atom stereocenters. The highest BCUT2D eigenvalue weighted by atomic mass is 16.2. The minimum absolute atomic E-state index is 0.173. The van der Waals surface area contributed by atoms with Crippen molar-refractivity contribution in [2.45, 2.75) is 57.8 Å². The molecule has 18 heavy (non-hydrogen) atoms. The molecule has 2 fully saturated rings. The van der Waals surface area contributed by atoms with Gasteiger partial charge in [-0.25, -0.2) is 0 Å². The summed E-state index contributed by atoms with van der Waals surface area (Å²) in [6.07, 6.45) is 10.3. The molecule has 1 aliphatic heterocycles. The fraction of sp³-hybridized carbons (Fsp3) is 0.867. The fourth-order valence-electron chi connectivity index (χ4n) is 3.19. The summed E-state index contributed by atoms with van der Waals surface area (Å²) in [5, 5.41) is 8.88. The number of rotatable bonds is 1. The van der Waals surface area contributed by atoms with Gasteiger partial charge in [0.05, 0.1) is 6.07 Å². The van der Waals surface area contributed by atoms with Crippen LogP contribution in [0.25, 0.3) is 0 Å². The molecule has 0 N–H and O–H groups in total. The number of hydrogen-bond donors (Lipinski definition) is 0. The van der Waals surface area contributed by atoms with Crippen LogP contribution in [0.3, 0.4) is 0 Å². The minimum Gasteiger partial charge on any atom is -0.342 e. The van der Waals surface area contributed by atoms with Crippen molar-refractivity contribution in [3.63, 3.8) is 0 Å². The Morgan fingerprint density at radius 1 is 0.944 bits per heavy atom. The first kappa shape index (κ1) is 13.4. The molecule has 1 saturated carbocycles. The van der Waals surface area contributed by atoms with Gasteiger partial charge in [0, 0.05) is 24.9 Å². The molecule has 1 heterocycles. The van der Waals surface area contributed by atoms with E-state index in [4.69, 9.17) is 5.26 Å². The minimum atomic E-state index is 0.173. The average molecular weight is 248 g/mol. The van der Waals surface area contributed by atoms with Gasteiger partial charge in [-0.05, 0) is 25.7 Å². The van der Waals surface area contributed by atoms with Gasteiger partial charge in [-0.2, -0.15) is 5.26 Å². The molecule has 0 aromatic carbocycles. The number of amides is 1. The number of carbonyl (C=O) groups excluding carboxylic acids is 1. The predicted octanol–water partition coefficient (Wildman–Crippen LogP) is 3.11. The number of nitrogens with zero attached hydrogens (tertiary/aromatic N) is 2. The maximum absolute atomic E-state index is 12.5. The Bertz CT molecular complexity index is 305. The summed E-state index contributed by atoms with van der Waals surface area (Å²) < 4.78 is 0. The van der Waals surface area contributed by atoms with E-state index >= 15 is 0 Å². The quantitative estimate of drug-likeness (QED) is 0.715. The van der Waals surface area contributed by atoms with Crippen LogP contribution in [0.4, 0.5) is 0 Å². The molecular formula is C15H24N2O. The third kappa shape index (κ3) is 3.48. The second kappa shape index (κ2) is 6.78. The van der Waals surface area contributed by atoms with Crippen molar-refractivity contribution in [3.05, 3.63) is 0 Å². The van der Waals surface area contributed by atoms with Gasteiger partial charge in [0.15, 0.2) is 0 Å². The first-order valence-electron chi connectivity index (χ1n) is 7.49. The van der Waals surface area contributed by atoms with Crippen molar-refractivity contribution in [2.75, 3.05) is 13.1 Å². The highest BCUT2D eigenvalue weighted by Gasteiger charge is 2.28. The number of hydrogen-bond acceptors (Lipinski definition) is 2. The monoisotopic (exact) mass is 248 g/mol. The smallest absolute Gasteiger partial charge is 0.225 e. The summed E-state index contributed by atoms with van der Waals surface area (Å²) in [7, 11) is 0. The SMILES string of the molecule is N#CC1CCN(C(=O)C2CCCCCCC2)CC1. The Hall–Kier alpha value is -1.04. The van der Waals surface area contributed by atoms with Gasteiger partial charge < -0.3 is 4.90 Å². The highest BCUT2D eigenvalue weighted by Crippen LogP contribution is 2.26. The molecule has 100 valence electrons. The predicted molar refractivity (Wildman–Crippen MR) is 70.7 cm³/mol. The van der Waals surface area contributed by atoms with Crippen molar-refractivity contribution in [1.82, 2.24) is 4.90 Å². The van der Waals surface area contributed by atoms with Crippen LogP contribution < -0.4 is 0 Å². The second-order valence-corrected chi connectivity index (χ2v) is 5.77. The Morgan fingerprint density at radius 2 is 1.50 bits per heavy atom. The Labute approximate surface area is 110 Å². The maximum Gasteiger partial charge on any atom is 0.225 e. The van der Waals surface area contributed by atoms with Gasteiger partial charge in [-0.1, -0.05) is 32.1 Å². The molecule has 3 heteroatoms. The van der Waals surface area contributed by atoms with Gasteiger partial charge in [0.1, 0.15) is 0 Å². The molecule has 0 aromatic heterocycles. The first-order valence-corrected chi connectivity index (χ1v) is 7.49. The van der Waals surface area contributed by atoms with E-state index < -0.39 is 0 Å². The normalized spacial score (nSPS) is 24.1. The zero-order valence-electron chi connectivity index (χ0n) is 11.2. The molecule has 0 unspecified atom stereocenters. The van der Waals surface area contributed by atoms with Crippen LogP contribution in [0.5, 0.6) is 0 Å². The van der Waals surface area contributed by atoms with E-state index in [1.54, 1.807) is 0 Å². The average Bonchev–Trinajstić information content (AvgIpc) is 2.38. The summed E-state index contributed by atoms with van der Waals surface area (Å²) in [6.45, 7) is 1.60. The van der Waals surface area contributed by atoms with Crippen molar-refractivity contribution in [2.24, 2.45) is 11.8 Å². The van der Waals surface area contributed by atoms with Gasteiger partial charge in [0.25, 0.3) is 0 Å². The van der Waals surface area contributed by atoms with E-state index in [9.17, 15) is 4.79 Å². The fourth-order valence-corrected chi connectivity index (χ4v) is 3.19. The molecule has 2 aliphatic rings. The molecule has 1 saturated heterocycles. The molecule has 1 amide bonds. The van der Waals surface area contributed by atoms with E-state index in [1.165, 1.54) is 32.1 Å². The Morgan fingerprint density at radius 3 is 2.06 bits per heavy atom. The van der Waals surface area contributed by atoms with E-state index in [0.717, 1.165) is 38.8 Å². The number of likely N-dealkylation sites (tertiary alicyclic amines) is 1. The van der Waals surface area contributed by atoms with Crippen LogP contribution in [0.15, 0.2) is 0 Å². The summed E-state index contributed by atoms with van der Waals surface area (Å²) in [6, 6.07) is 2.32. The molecule has 0 aromatic rings. The van der Waals surface area contributed by atoms with Crippen molar-refractivity contribution in [1.29, 1.82) is 5.26 Å². The van der Waals surface area contributed by atoms with Crippen LogP contribution in [-0.4, -0.2) is 23.9 Å². The third-order valence-corrected chi connectivity index (χ3v) is 4.44. The summed E-state index contributed by atoms with van der Waals surface area (Å²) >= 11 is 0. The van der Waals surface area contributed by atoms with Gasteiger partial charge in [-0.3, -0.25) is 4.79 Å². The zero-order valence-corrected chi connectivity index (χ0v) is 11.2. The largest absolute Gasteiger partial charge is 0.342 e. The lowest BCUT2D eigenvalue weighted by atomic mass is 9.89. The highest BCUT2D eigenvalue weighted by molar-refractivity contribution is 5.78. The van der Waals surface area contributed by atoms with Crippen molar-refractivity contribution < 1.29 is 4.79 Å². The second-order valence-electron chi connectivity index (χ2n) is 5.77. The molecule has 0 spiro atoms. The summed E-state index contributed by atoms with van der Waals surface area (Å²) in [5.41, 5.74) is 0. The number of piperidine rings is 1. The van der Waals surface area contributed by atoms with Gasteiger partial charge >= 0.3 is 0 Å². The van der Waals surface area contributed by atoms with E-state index in [-0.39, 0.29) is 11.8 Å².